The molecule has 0 spiro atoms. The number of nitrogens with zero attached hydrogens (tertiary/aromatic N) is 1. The highest BCUT2D eigenvalue weighted by Gasteiger charge is 2.39. The number of rotatable bonds is 3. The second-order valence-electron chi connectivity index (χ2n) is 3.19. The van der Waals surface area contributed by atoms with Crippen LogP contribution in [0.5, 0.6) is 11.6 Å². The SMILES string of the molecule is COc1c(OC(F)(F)F)ncc(C(F)(F)F)c1CO. The Morgan fingerprint density at radius 3 is 2.16 bits per heavy atom. The standard InChI is InChI=1S/C9H7F6NO3/c1-18-6-4(3-17)5(8(10,11)12)2-16-7(6)19-9(13,14)15/h2,17H,3H2,1H3. The van der Waals surface area contributed by atoms with Crippen molar-refractivity contribution in [3.63, 3.8) is 0 Å². The molecule has 0 saturated carbocycles. The first-order chi connectivity index (χ1) is 8.60. The van der Waals surface area contributed by atoms with Crippen molar-refractivity contribution in [1.29, 1.82) is 0 Å². The summed E-state index contributed by atoms with van der Waals surface area (Å²) >= 11 is 0. The minimum atomic E-state index is -5.15. The molecule has 1 rings (SSSR count). The normalized spacial score (nSPS) is 12.4. The maximum absolute atomic E-state index is 12.6. The summed E-state index contributed by atoms with van der Waals surface area (Å²) in [6.07, 6.45) is -9.91. The van der Waals surface area contributed by atoms with Gasteiger partial charge >= 0.3 is 12.5 Å². The van der Waals surface area contributed by atoms with E-state index in [1.54, 1.807) is 0 Å². The third-order valence-corrected chi connectivity index (χ3v) is 1.98. The number of aliphatic hydroxyl groups excluding tert-OH is 1. The molecule has 0 aliphatic heterocycles. The van der Waals surface area contributed by atoms with Crippen LogP contribution in [-0.2, 0) is 12.8 Å². The number of alkyl halides is 6. The summed E-state index contributed by atoms with van der Waals surface area (Å²) in [6, 6.07) is 0. The molecule has 0 saturated heterocycles. The van der Waals surface area contributed by atoms with E-state index in [4.69, 9.17) is 5.11 Å². The zero-order chi connectivity index (χ0) is 14.8. The molecule has 0 fully saturated rings. The fraction of sp³-hybridized carbons (Fsp3) is 0.444. The molecular weight excluding hydrogens is 284 g/mol. The number of aromatic nitrogens is 1. The molecule has 1 aromatic rings. The van der Waals surface area contributed by atoms with Crippen molar-refractivity contribution in [3.8, 4) is 11.6 Å². The van der Waals surface area contributed by atoms with Crippen LogP contribution in [0.3, 0.4) is 0 Å². The fourth-order valence-electron chi connectivity index (χ4n) is 1.31. The number of halogens is 6. The van der Waals surface area contributed by atoms with E-state index in [2.05, 4.69) is 14.5 Å². The fourth-order valence-corrected chi connectivity index (χ4v) is 1.31. The van der Waals surface area contributed by atoms with Gasteiger partial charge < -0.3 is 14.6 Å². The minimum absolute atomic E-state index is 0.134. The number of ether oxygens (including phenoxy) is 2. The van der Waals surface area contributed by atoms with Gasteiger partial charge in [0.2, 0.25) is 0 Å². The van der Waals surface area contributed by atoms with Crippen molar-refractivity contribution in [2.75, 3.05) is 7.11 Å². The Balaban J connectivity index is 3.39. The smallest absolute Gasteiger partial charge is 0.491 e. The van der Waals surface area contributed by atoms with Gasteiger partial charge in [0.1, 0.15) is 0 Å². The zero-order valence-electron chi connectivity index (χ0n) is 9.26. The van der Waals surface area contributed by atoms with Gasteiger partial charge in [-0.2, -0.15) is 13.2 Å². The number of hydrogen-bond donors (Lipinski definition) is 1. The minimum Gasteiger partial charge on any atom is -0.491 e. The lowest BCUT2D eigenvalue weighted by Crippen LogP contribution is -2.20. The quantitative estimate of drug-likeness (QED) is 0.869. The molecule has 0 aliphatic carbocycles. The van der Waals surface area contributed by atoms with E-state index >= 15 is 0 Å². The highest BCUT2D eigenvalue weighted by atomic mass is 19.4. The molecule has 1 heterocycles. The Morgan fingerprint density at radius 2 is 1.79 bits per heavy atom. The van der Waals surface area contributed by atoms with Crippen LogP contribution in [-0.4, -0.2) is 23.6 Å². The molecule has 0 radical (unpaired) electrons. The number of aliphatic hydroxyl groups is 1. The van der Waals surface area contributed by atoms with Crippen LogP contribution in [0.2, 0.25) is 0 Å². The molecule has 0 unspecified atom stereocenters. The van der Waals surface area contributed by atoms with Gasteiger partial charge in [-0.3, -0.25) is 0 Å². The lowest BCUT2D eigenvalue weighted by Gasteiger charge is -2.17. The van der Waals surface area contributed by atoms with Gasteiger partial charge in [-0.25, -0.2) is 4.98 Å². The topological polar surface area (TPSA) is 51.6 Å². The van der Waals surface area contributed by atoms with E-state index in [0.29, 0.717) is 0 Å². The maximum atomic E-state index is 12.6. The average Bonchev–Trinajstić information content (AvgIpc) is 2.24. The molecular formula is C9H7F6NO3. The van der Waals surface area contributed by atoms with Crippen molar-refractivity contribution in [2.24, 2.45) is 0 Å². The predicted molar refractivity (Wildman–Crippen MR) is 48.4 cm³/mol. The Labute approximate surface area is 102 Å². The Hall–Kier alpha value is -1.71. The Kier molecular flexibility index (Phi) is 4.13. The third kappa shape index (κ3) is 3.63. The first-order valence-corrected chi connectivity index (χ1v) is 4.59. The molecule has 1 aromatic heterocycles. The van der Waals surface area contributed by atoms with Gasteiger partial charge in [-0.05, 0) is 0 Å². The molecule has 19 heavy (non-hydrogen) atoms. The first-order valence-electron chi connectivity index (χ1n) is 4.59. The van der Waals surface area contributed by atoms with Crippen LogP contribution in [0.25, 0.3) is 0 Å². The van der Waals surface area contributed by atoms with Crippen molar-refractivity contribution in [3.05, 3.63) is 17.3 Å². The Bertz CT molecular complexity index is 456. The second kappa shape index (κ2) is 5.11. The summed E-state index contributed by atoms with van der Waals surface area (Å²) in [5.41, 5.74) is -2.29. The summed E-state index contributed by atoms with van der Waals surface area (Å²) in [7, 11) is 0.833. The van der Waals surface area contributed by atoms with E-state index in [9.17, 15) is 26.3 Å². The molecule has 0 atom stereocenters. The van der Waals surface area contributed by atoms with Crippen LogP contribution in [0.1, 0.15) is 11.1 Å². The zero-order valence-corrected chi connectivity index (χ0v) is 9.26. The van der Waals surface area contributed by atoms with E-state index in [-0.39, 0.29) is 6.20 Å². The average molecular weight is 291 g/mol. The molecule has 4 nitrogen and oxygen atoms in total. The van der Waals surface area contributed by atoms with Crippen molar-refractivity contribution in [2.45, 2.75) is 19.1 Å². The lowest BCUT2D eigenvalue weighted by molar-refractivity contribution is -0.276. The van der Waals surface area contributed by atoms with Crippen LogP contribution in [0.15, 0.2) is 6.20 Å². The summed E-state index contributed by atoms with van der Waals surface area (Å²) in [5, 5.41) is 8.87. The van der Waals surface area contributed by atoms with Crippen LogP contribution in [0, 0.1) is 0 Å². The predicted octanol–water partition coefficient (Wildman–Crippen LogP) is 2.50. The molecule has 0 bridgehead atoms. The third-order valence-electron chi connectivity index (χ3n) is 1.98. The lowest BCUT2D eigenvalue weighted by atomic mass is 10.1. The highest BCUT2D eigenvalue weighted by molar-refractivity contribution is 5.46. The number of methoxy groups -OCH3 is 1. The molecule has 108 valence electrons. The summed E-state index contributed by atoms with van der Waals surface area (Å²) in [5.74, 6) is -2.12. The second-order valence-corrected chi connectivity index (χ2v) is 3.19. The van der Waals surface area contributed by atoms with Gasteiger partial charge in [0.15, 0.2) is 5.75 Å². The van der Waals surface area contributed by atoms with E-state index in [0.717, 1.165) is 7.11 Å². The molecule has 10 heteroatoms. The van der Waals surface area contributed by atoms with E-state index in [1.165, 1.54) is 0 Å². The largest absolute Gasteiger partial charge is 0.574 e. The van der Waals surface area contributed by atoms with E-state index in [1.807, 2.05) is 0 Å². The van der Waals surface area contributed by atoms with Crippen LogP contribution < -0.4 is 9.47 Å². The van der Waals surface area contributed by atoms with Crippen molar-refractivity contribution < 1.29 is 40.9 Å². The molecule has 1 N–H and O–H groups in total. The van der Waals surface area contributed by atoms with Gasteiger partial charge in [-0.15, -0.1) is 13.2 Å². The van der Waals surface area contributed by atoms with Crippen LogP contribution >= 0.6 is 0 Å². The van der Waals surface area contributed by atoms with Gasteiger partial charge in [-0.1, -0.05) is 0 Å². The van der Waals surface area contributed by atoms with Gasteiger partial charge in [0, 0.05) is 11.8 Å². The maximum Gasteiger partial charge on any atom is 0.574 e. The van der Waals surface area contributed by atoms with Crippen molar-refractivity contribution in [1.82, 2.24) is 4.98 Å². The van der Waals surface area contributed by atoms with Gasteiger partial charge in [0.05, 0.1) is 19.3 Å². The van der Waals surface area contributed by atoms with Crippen molar-refractivity contribution >= 4 is 0 Å². The number of hydrogen-bond acceptors (Lipinski definition) is 4. The first kappa shape index (κ1) is 15.3. The summed E-state index contributed by atoms with van der Waals surface area (Å²) < 4.78 is 81.6. The summed E-state index contributed by atoms with van der Waals surface area (Å²) in [6.45, 7) is -1.19. The Morgan fingerprint density at radius 1 is 1.21 bits per heavy atom. The monoisotopic (exact) mass is 291 g/mol. The number of pyridine rings is 1. The highest BCUT2D eigenvalue weighted by Crippen LogP contribution is 2.40. The summed E-state index contributed by atoms with van der Waals surface area (Å²) in [4.78, 5) is 2.91. The molecule has 0 amide bonds. The molecule has 0 aliphatic rings. The molecule has 0 aromatic carbocycles. The van der Waals surface area contributed by atoms with E-state index < -0.39 is 41.9 Å². The van der Waals surface area contributed by atoms with Gasteiger partial charge in [0.25, 0.3) is 5.88 Å². The van der Waals surface area contributed by atoms with Crippen LogP contribution in [0.4, 0.5) is 26.3 Å².